The molecule has 0 atom stereocenters. The van der Waals surface area contributed by atoms with Crippen molar-refractivity contribution >= 4 is 22.1 Å². The third-order valence-electron chi connectivity index (χ3n) is 5.48. The average molecular weight is 373 g/mol. The molecule has 4 aromatic rings. The fraction of sp³-hybridized carbons (Fsp3) is 0.333. The topological polar surface area (TPSA) is 33.5 Å². The molecular formula is C24H28N4+2. The summed E-state index contributed by atoms with van der Waals surface area (Å²) in [5.41, 5.74) is 7.64. The molecule has 0 aromatic carbocycles. The maximum absolute atomic E-state index is 4.69. The van der Waals surface area contributed by atoms with Crippen molar-refractivity contribution in [3.63, 3.8) is 0 Å². The van der Waals surface area contributed by atoms with Gasteiger partial charge in [0.15, 0.2) is 11.4 Å². The van der Waals surface area contributed by atoms with E-state index in [9.17, 15) is 0 Å². The Morgan fingerprint density at radius 1 is 0.857 bits per heavy atom. The van der Waals surface area contributed by atoms with Crippen molar-refractivity contribution in [2.75, 3.05) is 0 Å². The zero-order valence-corrected chi connectivity index (χ0v) is 16.1. The lowest BCUT2D eigenvalue weighted by Gasteiger charge is -2.14. The monoisotopic (exact) mass is 372 g/mol. The van der Waals surface area contributed by atoms with Crippen LogP contribution in [0.5, 0.6) is 0 Å². The van der Waals surface area contributed by atoms with E-state index in [4.69, 9.17) is 9.97 Å². The van der Waals surface area contributed by atoms with Crippen LogP contribution in [0.3, 0.4) is 0 Å². The van der Waals surface area contributed by atoms with Crippen LogP contribution in [0.4, 0.5) is 0 Å². The minimum atomic E-state index is 0. The molecule has 1 aliphatic heterocycles. The lowest BCUT2D eigenvalue weighted by Crippen LogP contribution is -2.51. The minimum Gasteiger partial charge on any atom is -0.178 e. The molecule has 0 fully saturated rings. The summed E-state index contributed by atoms with van der Waals surface area (Å²) in [4.78, 5) is 9.38. The van der Waals surface area contributed by atoms with Gasteiger partial charge < -0.3 is 0 Å². The van der Waals surface area contributed by atoms with E-state index in [1.807, 2.05) is 24.5 Å². The van der Waals surface area contributed by atoms with Gasteiger partial charge in [-0.2, -0.15) is 9.13 Å². The molecule has 0 unspecified atom stereocenters. The predicted molar refractivity (Wildman–Crippen MR) is 113 cm³/mol. The highest BCUT2D eigenvalue weighted by molar-refractivity contribution is 5.80. The molecule has 0 bridgehead atoms. The summed E-state index contributed by atoms with van der Waals surface area (Å²) in [6.07, 6.45) is 7.39. The van der Waals surface area contributed by atoms with Gasteiger partial charge in [0, 0.05) is 18.1 Å². The number of hydrogen-bond acceptors (Lipinski definition) is 2. The van der Waals surface area contributed by atoms with E-state index in [-0.39, 0.29) is 13.6 Å². The molecule has 1 aliphatic carbocycles. The van der Waals surface area contributed by atoms with Gasteiger partial charge in [-0.05, 0) is 59.2 Å². The van der Waals surface area contributed by atoms with Gasteiger partial charge in [0.1, 0.15) is 12.4 Å². The van der Waals surface area contributed by atoms with E-state index in [0.717, 1.165) is 24.1 Å². The van der Waals surface area contributed by atoms with E-state index >= 15 is 0 Å². The lowest BCUT2D eigenvalue weighted by molar-refractivity contribution is -0.885. The van der Waals surface area contributed by atoms with E-state index < -0.39 is 0 Å². The normalized spacial score (nSPS) is 13.7. The van der Waals surface area contributed by atoms with E-state index in [0.29, 0.717) is 0 Å². The van der Waals surface area contributed by atoms with Crippen molar-refractivity contribution in [2.24, 2.45) is 0 Å². The lowest BCUT2D eigenvalue weighted by atomic mass is 9.91. The van der Waals surface area contributed by atoms with Crippen molar-refractivity contribution < 1.29 is 9.13 Å². The second kappa shape index (κ2) is 6.93. The quantitative estimate of drug-likeness (QED) is 0.424. The predicted octanol–water partition coefficient (Wildman–Crippen LogP) is 4.56. The number of aromatic nitrogens is 4. The molecule has 28 heavy (non-hydrogen) atoms. The van der Waals surface area contributed by atoms with Gasteiger partial charge >= 0.3 is 11.3 Å². The van der Waals surface area contributed by atoms with E-state index in [1.54, 1.807) is 0 Å². The smallest absolute Gasteiger partial charge is 0.178 e. The highest BCUT2D eigenvalue weighted by Gasteiger charge is 2.43. The maximum atomic E-state index is 4.69. The summed E-state index contributed by atoms with van der Waals surface area (Å²) >= 11 is 0. The first-order chi connectivity index (χ1) is 13.2. The SMILES string of the molecule is C.CC1[n+]2c3c(cc4cccnc42)CCc2cc4cccnc4[n+]1c2-3.CCC. The number of rotatable bonds is 0. The molecular weight excluding hydrogens is 344 g/mol. The Kier molecular flexibility index (Phi) is 4.58. The van der Waals surface area contributed by atoms with Crippen molar-refractivity contribution in [3.8, 4) is 11.4 Å². The molecule has 5 heterocycles. The van der Waals surface area contributed by atoms with Crippen molar-refractivity contribution in [1.29, 1.82) is 0 Å². The molecule has 4 nitrogen and oxygen atoms in total. The largest absolute Gasteiger partial charge is 0.334 e. The fourth-order valence-electron chi connectivity index (χ4n) is 4.51. The molecule has 0 amide bonds. The minimum absolute atomic E-state index is 0. The molecule has 4 heteroatoms. The van der Waals surface area contributed by atoms with Crippen LogP contribution in [-0.2, 0) is 12.8 Å². The molecule has 6 rings (SSSR count). The van der Waals surface area contributed by atoms with Gasteiger partial charge in [-0.15, -0.1) is 0 Å². The van der Waals surface area contributed by atoms with Gasteiger partial charge in [-0.1, -0.05) is 27.7 Å². The Labute approximate surface area is 166 Å². The molecule has 0 N–H and O–H groups in total. The third kappa shape index (κ3) is 2.44. The summed E-state index contributed by atoms with van der Waals surface area (Å²) in [6, 6.07) is 13.0. The van der Waals surface area contributed by atoms with Crippen LogP contribution in [0.1, 0.15) is 51.9 Å². The van der Waals surface area contributed by atoms with Crippen LogP contribution in [0.15, 0.2) is 48.8 Å². The summed E-state index contributed by atoms with van der Waals surface area (Å²) in [7, 11) is 0. The van der Waals surface area contributed by atoms with Crippen molar-refractivity contribution in [2.45, 2.75) is 53.6 Å². The molecule has 0 saturated heterocycles. The summed E-state index contributed by atoms with van der Waals surface area (Å²) in [6.45, 7) is 6.50. The first kappa shape index (κ1) is 18.5. The molecule has 4 aromatic heterocycles. The second-order valence-electron chi connectivity index (χ2n) is 7.45. The number of pyridine rings is 4. The van der Waals surface area contributed by atoms with Crippen LogP contribution in [0.25, 0.3) is 33.5 Å². The van der Waals surface area contributed by atoms with Crippen LogP contribution >= 0.6 is 0 Å². The number of hydrogen-bond donors (Lipinski definition) is 0. The van der Waals surface area contributed by atoms with Crippen LogP contribution in [0, 0.1) is 0 Å². The molecule has 2 aliphatic rings. The Hall–Kier alpha value is -2.88. The standard InChI is InChI=1S/C20H16N4.C3H8.CH4/c1-12-23-17-13(10-15-4-2-8-21-19(15)23)6-7-14-11-16-5-3-9-22-20(16)24(12)18(14)17;1-3-2;/h2-5,8-12H,6-7H2,1H3;3H2,1-2H3;1H4/q+2;;. The zero-order valence-electron chi connectivity index (χ0n) is 16.1. The van der Waals surface area contributed by atoms with Crippen molar-refractivity contribution in [1.82, 2.24) is 9.97 Å². The number of nitrogens with zero attached hydrogens (tertiary/aromatic N) is 4. The molecule has 0 radical (unpaired) electrons. The summed E-state index contributed by atoms with van der Waals surface area (Å²) in [5.74, 6) is 0. The van der Waals surface area contributed by atoms with Crippen LogP contribution in [-0.4, -0.2) is 9.97 Å². The summed E-state index contributed by atoms with van der Waals surface area (Å²) in [5, 5.41) is 2.44. The highest BCUT2D eigenvalue weighted by Crippen LogP contribution is 2.36. The molecule has 142 valence electrons. The molecule has 0 spiro atoms. The first-order valence-corrected chi connectivity index (χ1v) is 9.89. The van der Waals surface area contributed by atoms with Gasteiger partial charge in [0.05, 0.1) is 10.8 Å². The maximum Gasteiger partial charge on any atom is 0.334 e. The highest BCUT2D eigenvalue weighted by atomic mass is 15.3. The third-order valence-corrected chi connectivity index (χ3v) is 5.48. The van der Waals surface area contributed by atoms with Gasteiger partial charge in [0.2, 0.25) is 6.17 Å². The van der Waals surface area contributed by atoms with Crippen LogP contribution in [0.2, 0.25) is 0 Å². The van der Waals surface area contributed by atoms with Gasteiger partial charge in [0.25, 0.3) is 0 Å². The van der Waals surface area contributed by atoms with Crippen molar-refractivity contribution in [3.05, 3.63) is 59.9 Å². The summed E-state index contributed by atoms with van der Waals surface area (Å²) < 4.78 is 4.80. The zero-order chi connectivity index (χ0) is 18.5. The van der Waals surface area contributed by atoms with E-state index in [2.05, 4.69) is 54.2 Å². The van der Waals surface area contributed by atoms with Crippen LogP contribution < -0.4 is 9.13 Å². The second-order valence-corrected chi connectivity index (χ2v) is 7.45. The van der Waals surface area contributed by atoms with Gasteiger partial charge in [-0.3, -0.25) is 0 Å². The number of fused-ring (bicyclic) bond motifs is 4. The van der Waals surface area contributed by atoms with Gasteiger partial charge in [-0.25, -0.2) is 0 Å². The molecule has 0 saturated carbocycles. The Morgan fingerprint density at radius 2 is 1.29 bits per heavy atom. The number of aryl methyl sites for hydroxylation is 2. The Morgan fingerprint density at radius 3 is 1.71 bits per heavy atom. The fourth-order valence-corrected chi connectivity index (χ4v) is 4.51. The Bertz CT molecular complexity index is 1100. The average Bonchev–Trinajstić information content (AvgIpc) is 3.01. The first-order valence-electron chi connectivity index (χ1n) is 9.89. The Balaban J connectivity index is 0.000000454. The van der Waals surface area contributed by atoms with E-state index in [1.165, 1.54) is 39.7 Å².